The maximum Gasteiger partial charge on any atom is 0.132 e. The molecule has 0 radical (unpaired) electrons. The molecule has 19 heavy (non-hydrogen) atoms. The second-order valence-corrected chi connectivity index (χ2v) is 5.79. The van der Waals surface area contributed by atoms with E-state index in [1.807, 2.05) is 0 Å². The highest BCUT2D eigenvalue weighted by Crippen LogP contribution is 2.31. The minimum Gasteiger partial charge on any atom is -0.352 e. The van der Waals surface area contributed by atoms with Crippen LogP contribution >= 0.6 is 0 Å². The van der Waals surface area contributed by atoms with Gasteiger partial charge in [0.25, 0.3) is 0 Å². The first-order chi connectivity index (χ1) is 9.36. The second kappa shape index (κ2) is 5.87. The number of hydrogen-bond acceptors (Lipinski definition) is 4. The van der Waals surface area contributed by atoms with Crippen molar-refractivity contribution in [3.63, 3.8) is 0 Å². The van der Waals surface area contributed by atoms with E-state index in [0.717, 1.165) is 25.2 Å². The van der Waals surface area contributed by atoms with Crippen molar-refractivity contribution in [2.24, 2.45) is 0 Å². The molecule has 1 unspecified atom stereocenters. The fraction of sp³-hybridized carbons (Fsp3) is 0.733. The molecule has 2 heterocycles. The number of hydrogen-bond donors (Lipinski definition) is 1. The summed E-state index contributed by atoms with van der Waals surface area (Å²) in [5.41, 5.74) is 1.18. The Bertz CT molecular complexity index is 410. The predicted molar refractivity (Wildman–Crippen MR) is 77.4 cm³/mol. The van der Waals surface area contributed by atoms with Gasteiger partial charge in [0.1, 0.15) is 12.1 Å². The van der Waals surface area contributed by atoms with Crippen LogP contribution in [0.4, 0.5) is 5.82 Å². The number of nitrogens with zero attached hydrogens (tertiary/aromatic N) is 3. The molecule has 1 aromatic heterocycles. The smallest absolute Gasteiger partial charge is 0.132 e. The Morgan fingerprint density at radius 2 is 2.21 bits per heavy atom. The summed E-state index contributed by atoms with van der Waals surface area (Å²) in [7, 11) is 0. The molecule has 1 saturated carbocycles. The van der Waals surface area contributed by atoms with Crippen LogP contribution in [0, 0.1) is 0 Å². The monoisotopic (exact) mass is 260 g/mol. The minimum absolute atomic E-state index is 0.644. The van der Waals surface area contributed by atoms with Gasteiger partial charge in [-0.15, -0.1) is 0 Å². The summed E-state index contributed by atoms with van der Waals surface area (Å²) in [4.78, 5) is 11.4. The van der Waals surface area contributed by atoms with Crippen LogP contribution in [0.3, 0.4) is 0 Å². The molecule has 0 spiro atoms. The van der Waals surface area contributed by atoms with Crippen molar-refractivity contribution in [2.45, 2.75) is 57.5 Å². The van der Waals surface area contributed by atoms with Crippen molar-refractivity contribution in [1.82, 2.24) is 15.3 Å². The summed E-state index contributed by atoms with van der Waals surface area (Å²) >= 11 is 0. The minimum atomic E-state index is 0.644. The molecule has 1 aliphatic heterocycles. The summed E-state index contributed by atoms with van der Waals surface area (Å²) in [6.07, 6.45) is 9.18. The van der Waals surface area contributed by atoms with Gasteiger partial charge in [0.15, 0.2) is 0 Å². The number of rotatable bonds is 6. The molecule has 1 N–H and O–H groups in total. The Labute approximate surface area is 115 Å². The molecule has 0 amide bonds. The van der Waals surface area contributed by atoms with Crippen molar-refractivity contribution < 1.29 is 0 Å². The Kier molecular flexibility index (Phi) is 3.97. The molecule has 1 aliphatic carbocycles. The van der Waals surface area contributed by atoms with Crippen molar-refractivity contribution in [2.75, 3.05) is 18.0 Å². The van der Waals surface area contributed by atoms with Crippen LogP contribution in [0.25, 0.3) is 0 Å². The van der Waals surface area contributed by atoms with Crippen molar-refractivity contribution in [3.8, 4) is 0 Å². The topological polar surface area (TPSA) is 41.0 Å². The third-order valence-corrected chi connectivity index (χ3v) is 4.08. The molecule has 104 valence electrons. The molecular formula is C15H24N4. The average Bonchev–Trinajstić information content (AvgIpc) is 3.14. The van der Waals surface area contributed by atoms with E-state index in [0.29, 0.717) is 12.1 Å². The fourth-order valence-electron chi connectivity index (χ4n) is 2.90. The average molecular weight is 260 g/mol. The normalized spacial score (nSPS) is 22.7. The summed E-state index contributed by atoms with van der Waals surface area (Å²) in [6.45, 7) is 4.48. The lowest BCUT2D eigenvalue weighted by molar-refractivity contribution is 0.575. The Morgan fingerprint density at radius 3 is 2.89 bits per heavy atom. The molecule has 0 aromatic carbocycles. The van der Waals surface area contributed by atoms with E-state index in [1.165, 1.54) is 37.9 Å². The molecular weight excluding hydrogens is 236 g/mol. The van der Waals surface area contributed by atoms with E-state index in [2.05, 4.69) is 33.2 Å². The van der Waals surface area contributed by atoms with Crippen molar-refractivity contribution in [1.29, 1.82) is 0 Å². The van der Waals surface area contributed by atoms with E-state index in [1.54, 1.807) is 6.33 Å². The lowest BCUT2D eigenvalue weighted by atomic mass is 10.2. The summed E-state index contributed by atoms with van der Waals surface area (Å²) in [5.74, 6) is 1.13. The van der Waals surface area contributed by atoms with Crippen molar-refractivity contribution in [3.05, 3.63) is 18.1 Å². The largest absolute Gasteiger partial charge is 0.352 e. The third kappa shape index (κ3) is 3.24. The first-order valence-electron chi connectivity index (χ1n) is 7.67. The van der Waals surface area contributed by atoms with Crippen molar-refractivity contribution >= 4 is 5.82 Å². The van der Waals surface area contributed by atoms with Gasteiger partial charge < -0.3 is 10.2 Å². The van der Waals surface area contributed by atoms with Crippen LogP contribution in [0.15, 0.2) is 12.4 Å². The standard InChI is InChI=1S/C15H24N4/c1-2-4-12-9-15(18-11-17-12)19(14-6-7-14)10-13-5-3-8-16-13/h9,11,13-14,16H,2-8,10H2,1H3. The summed E-state index contributed by atoms with van der Waals surface area (Å²) < 4.78 is 0. The zero-order valence-electron chi connectivity index (χ0n) is 11.8. The van der Waals surface area contributed by atoms with Gasteiger partial charge >= 0.3 is 0 Å². The quantitative estimate of drug-likeness (QED) is 0.851. The molecule has 3 rings (SSSR count). The number of nitrogens with one attached hydrogen (secondary N) is 1. The van der Waals surface area contributed by atoms with Gasteiger partial charge in [-0.3, -0.25) is 0 Å². The van der Waals surface area contributed by atoms with Gasteiger partial charge in [-0.1, -0.05) is 13.3 Å². The third-order valence-electron chi connectivity index (χ3n) is 4.08. The first-order valence-corrected chi connectivity index (χ1v) is 7.67. The van der Waals surface area contributed by atoms with E-state index in [-0.39, 0.29) is 0 Å². The fourth-order valence-corrected chi connectivity index (χ4v) is 2.90. The molecule has 1 aromatic rings. The van der Waals surface area contributed by atoms with Crippen LogP contribution in [-0.4, -0.2) is 35.1 Å². The van der Waals surface area contributed by atoms with E-state index < -0.39 is 0 Å². The lowest BCUT2D eigenvalue weighted by Crippen LogP contribution is -2.39. The zero-order valence-corrected chi connectivity index (χ0v) is 11.8. The van der Waals surface area contributed by atoms with Gasteiger partial charge in [-0.25, -0.2) is 9.97 Å². The maximum absolute atomic E-state index is 4.51. The highest BCUT2D eigenvalue weighted by atomic mass is 15.3. The van der Waals surface area contributed by atoms with Crippen LogP contribution in [0.2, 0.25) is 0 Å². The van der Waals surface area contributed by atoms with E-state index in [4.69, 9.17) is 0 Å². The molecule has 4 nitrogen and oxygen atoms in total. The predicted octanol–water partition coefficient (Wildman–Crippen LogP) is 2.15. The summed E-state index contributed by atoms with van der Waals surface area (Å²) in [6, 6.07) is 3.55. The van der Waals surface area contributed by atoms with Gasteiger partial charge in [0, 0.05) is 30.4 Å². The Balaban J connectivity index is 1.73. The summed E-state index contributed by atoms with van der Waals surface area (Å²) in [5, 5.41) is 3.59. The van der Waals surface area contributed by atoms with E-state index in [9.17, 15) is 0 Å². The molecule has 0 bridgehead atoms. The van der Waals surface area contributed by atoms with Gasteiger partial charge in [-0.2, -0.15) is 0 Å². The van der Waals surface area contributed by atoms with Crippen LogP contribution in [0.1, 0.15) is 44.7 Å². The van der Waals surface area contributed by atoms with Gasteiger partial charge in [-0.05, 0) is 38.6 Å². The molecule has 2 fully saturated rings. The Hall–Kier alpha value is -1.16. The van der Waals surface area contributed by atoms with E-state index >= 15 is 0 Å². The number of aromatic nitrogens is 2. The second-order valence-electron chi connectivity index (χ2n) is 5.79. The van der Waals surface area contributed by atoms with Gasteiger partial charge in [0.05, 0.1) is 0 Å². The molecule has 4 heteroatoms. The highest BCUT2D eigenvalue weighted by Gasteiger charge is 2.32. The SMILES string of the molecule is CCCc1cc(N(CC2CCCN2)C2CC2)ncn1. The van der Waals surface area contributed by atoms with Gasteiger partial charge in [0.2, 0.25) is 0 Å². The molecule has 2 aliphatic rings. The maximum atomic E-state index is 4.51. The highest BCUT2D eigenvalue weighted by molar-refractivity contribution is 5.42. The van der Waals surface area contributed by atoms with Crippen LogP contribution in [-0.2, 0) is 6.42 Å². The molecule has 1 atom stereocenters. The van der Waals surface area contributed by atoms with Crippen LogP contribution in [0.5, 0.6) is 0 Å². The number of aryl methyl sites for hydroxylation is 1. The zero-order chi connectivity index (χ0) is 13.1. The lowest BCUT2D eigenvalue weighted by Gasteiger charge is -2.27. The van der Waals surface area contributed by atoms with Crippen LogP contribution < -0.4 is 10.2 Å². The molecule has 1 saturated heterocycles. The number of anilines is 1. The first kappa shape index (κ1) is 12.9. The Morgan fingerprint density at radius 1 is 1.32 bits per heavy atom.